The van der Waals surface area contributed by atoms with Crippen LogP contribution in [0.1, 0.15) is 0 Å². The molecule has 0 aliphatic carbocycles. The lowest BCUT2D eigenvalue weighted by Crippen LogP contribution is -2.20. The number of nitrogens with zero attached hydrogens (tertiary/aromatic N) is 2. The topological polar surface area (TPSA) is 50.7 Å². The van der Waals surface area contributed by atoms with Gasteiger partial charge >= 0.3 is 6.03 Å². The van der Waals surface area contributed by atoms with Gasteiger partial charge in [-0.3, -0.25) is 0 Å². The highest BCUT2D eigenvalue weighted by Gasteiger charge is 2.05. The van der Waals surface area contributed by atoms with Gasteiger partial charge < -0.3 is 5.73 Å². The molecule has 0 aromatic rings. The van der Waals surface area contributed by atoms with Crippen LogP contribution >= 0.6 is 16.1 Å². The van der Waals surface area contributed by atoms with E-state index in [2.05, 4.69) is 26.8 Å². The number of carbonyl (C=O) groups excluding carboxylic acids is 1. The van der Waals surface area contributed by atoms with Gasteiger partial charge in [-0.25, -0.2) is 4.79 Å². The highest BCUT2D eigenvalue weighted by atomic mass is 79.9. The largest absolute Gasteiger partial charge is 0.394 e. The predicted octanol–water partition coefficient (Wildman–Crippen LogP) is 0.511. The molecule has 0 aromatic heterocycles. The maximum atomic E-state index is 9.82. The van der Waals surface area contributed by atoms with Crippen molar-refractivity contribution in [2.75, 3.05) is 0 Å². The van der Waals surface area contributed by atoms with E-state index >= 15 is 0 Å². The Kier molecular flexibility index (Phi) is 2.16. The van der Waals surface area contributed by atoms with Gasteiger partial charge in [-0.15, -0.1) is 4.95 Å². The molecule has 0 saturated carbocycles. The first-order chi connectivity index (χ1) is 3.18. The summed E-state index contributed by atoms with van der Waals surface area (Å²) in [7, 11) is 0. The van der Waals surface area contributed by atoms with Gasteiger partial charge in [0.25, 0.3) is 0 Å². The zero-order chi connectivity index (χ0) is 5.86. The van der Waals surface area contributed by atoms with Crippen molar-refractivity contribution in [3.05, 3.63) is 11.5 Å². The number of hydrogen-bond donors (Lipinski definition) is 1. The molecule has 0 aliphatic rings. The van der Waals surface area contributed by atoms with Gasteiger partial charge in [0.1, 0.15) is 16.1 Å². The summed E-state index contributed by atoms with van der Waals surface area (Å²) in [5.41, 5.74) is 4.57. The molecule has 0 heterocycles. The summed E-state index contributed by atoms with van der Waals surface area (Å²) in [6.45, 7) is 6.14. The van der Waals surface area contributed by atoms with Crippen molar-refractivity contribution in [2.45, 2.75) is 0 Å². The number of nitrogens with two attached hydrogens (primary N) is 1. The second kappa shape index (κ2) is 2.42. The van der Waals surface area contributed by atoms with Gasteiger partial charge in [-0.05, 0) is 0 Å². The Morgan fingerprint density at radius 2 is 2.43 bits per heavy atom. The number of amides is 2. The number of urea groups is 1. The van der Waals surface area contributed by atoms with Crippen LogP contribution in [0.15, 0.2) is 0 Å². The van der Waals surface area contributed by atoms with Crippen molar-refractivity contribution in [3.8, 4) is 0 Å². The van der Waals surface area contributed by atoms with Crippen molar-refractivity contribution in [3.63, 3.8) is 0 Å². The Morgan fingerprint density at radius 3 is 2.43 bits per heavy atom. The van der Waals surface area contributed by atoms with Crippen LogP contribution in [-0.2, 0) is 0 Å². The number of primary amides is 1. The number of rotatable bonds is 0. The van der Waals surface area contributed by atoms with Crippen molar-refractivity contribution in [1.29, 1.82) is 0 Å². The number of hydrogen-bond acceptors (Lipinski definition) is 1. The summed E-state index contributed by atoms with van der Waals surface area (Å²) in [6, 6.07) is -0.810. The van der Waals surface area contributed by atoms with Crippen LogP contribution in [0.5, 0.6) is 0 Å². The van der Waals surface area contributed by atoms with E-state index < -0.39 is 6.03 Å². The molecule has 38 valence electrons. The molecule has 0 radical (unpaired) electrons. The highest BCUT2D eigenvalue weighted by Crippen LogP contribution is 1.94. The van der Waals surface area contributed by atoms with Crippen LogP contribution in [0.25, 0.3) is 4.95 Å². The Bertz CT molecular complexity index is 117. The monoisotopic (exact) mass is 163 g/mol. The third-order valence-corrected chi connectivity index (χ3v) is 0.778. The molecule has 0 saturated heterocycles. The Morgan fingerprint density at radius 1 is 2.00 bits per heavy atom. The first-order valence-corrected chi connectivity index (χ1v) is 2.02. The summed E-state index contributed by atoms with van der Waals surface area (Å²) >= 11 is 2.55. The van der Waals surface area contributed by atoms with Crippen molar-refractivity contribution in [2.24, 2.45) is 5.73 Å². The molecule has 7 heavy (non-hydrogen) atoms. The lowest BCUT2D eigenvalue weighted by Gasteiger charge is -1.87. The molecule has 0 spiro atoms. The fraction of sp³-hybridized carbons (Fsp3) is 0. The average molecular weight is 164 g/mol. The first kappa shape index (κ1) is 6.24. The molecule has 0 atom stereocenters. The molecule has 4 nitrogen and oxygen atoms in total. The molecular formula is C2H2BrN3O. The summed E-state index contributed by atoms with van der Waals surface area (Å²) < 4.78 is 0.535. The quantitative estimate of drug-likeness (QED) is 0.316. The number of carbonyl (C=O) groups is 1. The zero-order valence-corrected chi connectivity index (χ0v) is 4.84. The minimum absolute atomic E-state index is 0.535. The van der Waals surface area contributed by atoms with Crippen LogP contribution < -0.4 is 5.73 Å². The second-order valence-corrected chi connectivity index (χ2v) is 1.37. The first-order valence-electron chi connectivity index (χ1n) is 1.31. The van der Waals surface area contributed by atoms with Crippen LogP contribution in [0.3, 0.4) is 0 Å². The van der Waals surface area contributed by atoms with Gasteiger partial charge in [0.15, 0.2) is 0 Å². The van der Waals surface area contributed by atoms with Crippen molar-refractivity contribution < 1.29 is 4.79 Å². The van der Waals surface area contributed by atoms with E-state index in [1.807, 2.05) is 0 Å². The number of halogens is 1. The summed E-state index contributed by atoms with van der Waals surface area (Å²) in [5.74, 6) is 0. The third-order valence-electron chi connectivity index (χ3n) is 0.270. The molecule has 0 aromatic carbocycles. The predicted molar refractivity (Wildman–Crippen MR) is 27.0 cm³/mol. The third kappa shape index (κ3) is 2.00. The summed E-state index contributed by atoms with van der Waals surface area (Å²) in [5, 5.41) is 0. The highest BCUT2D eigenvalue weighted by molar-refractivity contribution is 9.07. The Hall–Kier alpha value is -0.760. The van der Waals surface area contributed by atoms with E-state index in [4.69, 9.17) is 6.57 Å². The molecule has 0 unspecified atom stereocenters. The van der Waals surface area contributed by atoms with Crippen molar-refractivity contribution in [1.82, 2.24) is 4.03 Å². The minimum atomic E-state index is -0.810. The normalized spacial score (nSPS) is 6.86. The maximum Gasteiger partial charge on any atom is 0.394 e. The molecule has 2 N–H and O–H groups in total. The lowest BCUT2D eigenvalue weighted by molar-refractivity contribution is 0.242. The average Bonchev–Trinajstić information content (AvgIpc) is 1.65. The smallest absolute Gasteiger partial charge is 0.346 e. The SMILES string of the molecule is [C-]#[N+]N(Br)C(N)=O. The molecule has 0 bridgehead atoms. The van der Waals surface area contributed by atoms with Crippen LogP contribution in [0, 0.1) is 6.57 Å². The van der Waals surface area contributed by atoms with Gasteiger partial charge in [0.05, 0.1) is 0 Å². The van der Waals surface area contributed by atoms with Gasteiger partial charge in [-0.2, -0.15) is 6.57 Å². The van der Waals surface area contributed by atoms with Gasteiger partial charge in [-0.1, -0.05) is 0 Å². The summed E-state index contributed by atoms with van der Waals surface area (Å²) in [4.78, 5) is 12.4. The van der Waals surface area contributed by atoms with E-state index in [1.165, 1.54) is 0 Å². The lowest BCUT2D eigenvalue weighted by atomic mass is 11.1. The van der Waals surface area contributed by atoms with Gasteiger partial charge in [0, 0.05) is 4.03 Å². The molecular weight excluding hydrogens is 162 g/mol. The molecule has 5 heteroatoms. The van der Waals surface area contributed by atoms with E-state index in [0.717, 1.165) is 0 Å². The van der Waals surface area contributed by atoms with Crippen molar-refractivity contribution >= 4 is 22.2 Å². The molecule has 2 amide bonds. The Labute approximate surface area is 49.0 Å². The molecule has 0 rings (SSSR count). The molecule has 0 aliphatic heterocycles. The van der Waals surface area contributed by atoms with Crippen LogP contribution in [-0.4, -0.2) is 10.1 Å². The standard InChI is InChI=1S/C2H2BrN3O/c1-5-6(3)2(4)7/h(H2,4,7). The van der Waals surface area contributed by atoms with E-state index in [0.29, 0.717) is 4.03 Å². The Balaban J connectivity index is 3.63. The minimum Gasteiger partial charge on any atom is -0.346 e. The molecule has 0 fully saturated rings. The van der Waals surface area contributed by atoms with Crippen LogP contribution in [0.2, 0.25) is 0 Å². The maximum absolute atomic E-state index is 9.82. The fourth-order valence-electron chi connectivity index (χ4n) is 0.0493. The van der Waals surface area contributed by atoms with E-state index in [-0.39, 0.29) is 0 Å². The fourth-order valence-corrected chi connectivity index (χ4v) is 0.0493. The van der Waals surface area contributed by atoms with E-state index in [9.17, 15) is 4.79 Å². The zero-order valence-electron chi connectivity index (χ0n) is 3.26. The van der Waals surface area contributed by atoms with E-state index in [1.54, 1.807) is 0 Å². The van der Waals surface area contributed by atoms with Crippen LogP contribution in [0.4, 0.5) is 4.79 Å². The summed E-state index contributed by atoms with van der Waals surface area (Å²) in [6.07, 6.45) is 0. The van der Waals surface area contributed by atoms with Gasteiger partial charge in [0.2, 0.25) is 0 Å². The second-order valence-electron chi connectivity index (χ2n) is 0.698.